The van der Waals surface area contributed by atoms with Crippen molar-refractivity contribution in [3.8, 4) is 5.75 Å². The first-order valence-electron chi connectivity index (χ1n) is 12.3. The Balaban J connectivity index is 1.27. The minimum absolute atomic E-state index is 0.0261. The number of benzene rings is 1. The minimum Gasteiger partial charge on any atom is -0.482 e. The van der Waals surface area contributed by atoms with Gasteiger partial charge < -0.3 is 20.3 Å². The molecule has 3 aliphatic heterocycles. The van der Waals surface area contributed by atoms with Gasteiger partial charge in [-0.25, -0.2) is 8.42 Å². The molecule has 0 bridgehead atoms. The predicted octanol–water partition coefficient (Wildman–Crippen LogP) is 1.96. The van der Waals surface area contributed by atoms with Crippen LogP contribution in [-0.4, -0.2) is 75.3 Å². The highest BCUT2D eigenvalue weighted by atomic mass is 32.2. The Morgan fingerprint density at radius 1 is 1.21 bits per heavy atom. The second kappa shape index (κ2) is 10.6. The summed E-state index contributed by atoms with van der Waals surface area (Å²) in [6.45, 7) is 8.44. The number of hydrogen-bond donors (Lipinski definition) is 2. The van der Waals surface area contributed by atoms with E-state index in [1.54, 1.807) is 13.0 Å². The van der Waals surface area contributed by atoms with Crippen molar-refractivity contribution in [2.75, 3.05) is 51.2 Å². The summed E-state index contributed by atoms with van der Waals surface area (Å²) < 4.78 is 33.4. The van der Waals surface area contributed by atoms with Crippen LogP contribution in [0.25, 0.3) is 0 Å². The van der Waals surface area contributed by atoms with Crippen molar-refractivity contribution in [2.45, 2.75) is 50.8 Å². The number of carbonyl (C=O) groups excluding carboxylic acids is 2. The third-order valence-electron chi connectivity index (χ3n) is 7.04. The van der Waals surface area contributed by atoms with Gasteiger partial charge in [0.2, 0.25) is 15.9 Å². The van der Waals surface area contributed by atoms with Gasteiger partial charge in [0.15, 0.2) is 6.61 Å². The van der Waals surface area contributed by atoms with Gasteiger partial charge in [-0.15, -0.1) is 0 Å². The number of anilines is 1. The largest absolute Gasteiger partial charge is 0.482 e. The number of likely N-dealkylation sites (tertiary alicyclic amines) is 1. The maximum Gasteiger partial charge on any atom is 0.262 e. The van der Waals surface area contributed by atoms with Gasteiger partial charge in [-0.05, 0) is 69.7 Å². The third kappa shape index (κ3) is 5.72. The summed E-state index contributed by atoms with van der Waals surface area (Å²) in [4.78, 5) is 26.8. The standard InChI is InChI=1S/C24H36N4O5S/c1-17-5-3-9-27(15-17)10-4-8-25-24(30)19-6-11-28(12-7-19)34(31,32)22-14-21-20(13-18(22)2)26-23(29)16-33-21/h13-14,17,19H,3-12,15-16H2,1-2H3,(H,25,30)(H,26,29)/t17-/m0/s1. The highest BCUT2D eigenvalue weighted by Crippen LogP contribution is 2.35. The first-order chi connectivity index (χ1) is 16.2. The van der Waals surface area contributed by atoms with Crippen LogP contribution < -0.4 is 15.4 Å². The average Bonchev–Trinajstić information content (AvgIpc) is 2.81. The second-order valence-corrected chi connectivity index (χ2v) is 11.7. The van der Waals surface area contributed by atoms with E-state index in [9.17, 15) is 18.0 Å². The minimum atomic E-state index is -3.72. The molecule has 2 N–H and O–H groups in total. The van der Waals surface area contributed by atoms with Gasteiger partial charge in [0.25, 0.3) is 5.91 Å². The number of carbonyl (C=O) groups is 2. The van der Waals surface area contributed by atoms with Crippen molar-refractivity contribution in [3.63, 3.8) is 0 Å². The quantitative estimate of drug-likeness (QED) is 0.564. The molecular weight excluding hydrogens is 456 g/mol. The lowest BCUT2D eigenvalue weighted by Crippen LogP contribution is -2.43. The SMILES string of the molecule is Cc1cc2c(cc1S(=O)(=O)N1CCC(C(=O)NCCCN3CCC[C@H](C)C3)CC1)OCC(=O)N2. The van der Waals surface area contributed by atoms with Crippen LogP contribution in [0.4, 0.5) is 5.69 Å². The van der Waals surface area contributed by atoms with Gasteiger partial charge in [-0.2, -0.15) is 4.31 Å². The summed E-state index contributed by atoms with van der Waals surface area (Å²) in [5, 5.41) is 5.75. The topological polar surface area (TPSA) is 108 Å². The number of ether oxygens (including phenoxy) is 1. The van der Waals surface area contributed by atoms with Gasteiger partial charge >= 0.3 is 0 Å². The van der Waals surface area contributed by atoms with E-state index in [1.165, 1.54) is 23.2 Å². The number of piperidine rings is 2. The highest BCUT2D eigenvalue weighted by molar-refractivity contribution is 7.89. The fraction of sp³-hybridized carbons (Fsp3) is 0.667. The summed E-state index contributed by atoms with van der Waals surface area (Å²) in [6, 6.07) is 3.12. The first kappa shape index (κ1) is 24.9. The number of rotatable bonds is 7. The number of aryl methyl sites for hydroxylation is 1. The molecule has 0 spiro atoms. The van der Waals surface area contributed by atoms with Crippen LogP contribution in [0, 0.1) is 18.8 Å². The fourth-order valence-electron chi connectivity index (χ4n) is 5.14. The van der Waals surface area contributed by atoms with Crippen LogP contribution in [-0.2, 0) is 19.6 Å². The first-order valence-corrected chi connectivity index (χ1v) is 13.8. The van der Waals surface area contributed by atoms with Crippen molar-refractivity contribution >= 4 is 27.5 Å². The average molecular weight is 493 g/mol. The number of amides is 2. The second-order valence-electron chi connectivity index (χ2n) is 9.82. The van der Waals surface area contributed by atoms with Crippen LogP contribution >= 0.6 is 0 Å². The molecule has 0 aliphatic carbocycles. The lowest BCUT2D eigenvalue weighted by molar-refractivity contribution is -0.126. The van der Waals surface area contributed by atoms with Gasteiger partial charge in [0.05, 0.1) is 10.6 Å². The molecule has 0 radical (unpaired) electrons. The molecule has 188 valence electrons. The number of nitrogens with one attached hydrogen (secondary N) is 2. The Bertz CT molecular complexity index is 1020. The Hall–Kier alpha value is -2.17. The molecule has 9 nitrogen and oxygen atoms in total. The van der Waals surface area contributed by atoms with Gasteiger partial charge in [-0.3, -0.25) is 9.59 Å². The molecule has 3 heterocycles. The Morgan fingerprint density at radius 3 is 2.71 bits per heavy atom. The van der Waals surface area contributed by atoms with Crippen molar-refractivity contribution < 1.29 is 22.7 Å². The molecule has 0 aromatic heterocycles. The summed E-state index contributed by atoms with van der Waals surface area (Å²) in [6.07, 6.45) is 4.51. The zero-order chi connectivity index (χ0) is 24.3. The Labute approximate surface area is 202 Å². The van der Waals surface area contributed by atoms with Crippen molar-refractivity contribution in [2.24, 2.45) is 11.8 Å². The molecule has 1 aromatic carbocycles. The number of hydrogen-bond acceptors (Lipinski definition) is 6. The van der Waals surface area contributed by atoms with E-state index in [4.69, 9.17) is 4.74 Å². The predicted molar refractivity (Wildman–Crippen MR) is 129 cm³/mol. The van der Waals surface area contributed by atoms with Crippen LogP contribution in [0.1, 0.15) is 44.6 Å². The molecule has 2 fully saturated rings. The molecule has 1 atom stereocenters. The van der Waals surface area contributed by atoms with Gasteiger partial charge in [-0.1, -0.05) is 6.92 Å². The molecule has 2 saturated heterocycles. The fourth-order valence-corrected chi connectivity index (χ4v) is 6.83. The number of nitrogens with zero attached hydrogens (tertiary/aromatic N) is 2. The lowest BCUT2D eigenvalue weighted by Gasteiger charge is -2.32. The molecule has 4 rings (SSSR count). The molecule has 1 aromatic rings. The monoisotopic (exact) mass is 492 g/mol. The summed E-state index contributed by atoms with van der Waals surface area (Å²) in [5.74, 6) is 0.715. The molecule has 3 aliphatic rings. The molecular formula is C24H36N4O5S. The summed E-state index contributed by atoms with van der Waals surface area (Å²) >= 11 is 0. The van der Waals surface area contributed by atoms with E-state index in [1.807, 2.05) is 0 Å². The molecule has 2 amide bonds. The number of fused-ring (bicyclic) bond motifs is 1. The highest BCUT2D eigenvalue weighted by Gasteiger charge is 2.34. The van der Waals surface area contributed by atoms with E-state index in [2.05, 4.69) is 22.5 Å². The van der Waals surface area contributed by atoms with Crippen LogP contribution in [0.3, 0.4) is 0 Å². The number of sulfonamides is 1. The third-order valence-corrected chi connectivity index (χ3v) is 9.08. The van der Waals surface area contributed by atoms with E-state index in [-0.39, 0.29) is 29.2 Å². The molecule has 34 heavy (non-hydrogen) atoms. The molecule has 0 saturated carbocycles. The normalized spacial score (nSPS) is 22.5. The maximum absolute atomic E-state index is 13.3. The van der Waals surface area contributed by atoms with Gasteiger partial charge in [0.1, 0.15) is 5.75 Å². The summed E-state index contributed by atoms with van der Waals surface area (Å²) in [7, 11) is -3.72. The van der Waals surface area contributed by atoms with Crippen LogP contribution in [0.15, 0.2) is 17.0 Å². The van der Waals surface area contributed by atoms with E-state index < -0.39 is 10.0 Å². The summed E-state index contributed by atoms with van der Waals surface area (Å²) in [5.41, 5.74) is 1.03. The van der Waals surface area contributed by atoms with Crippen molar-refractivity contribution in [3.05, 3.63) is 17.7 Å². The van der Waals surface area contributed by atoms with E-state index in [0.717, 1.165) is 32.0 Å². The zero-order valence-corrected chi connectivity index (χ0v) is 21.0. The van der Waals surface area contributed by atoms with Crippen molar-refractivity contribution in [1.82, 2.24) is 14.5 Å². The van der Waals surface area contributed by atoms with Crippen LogP contribution in [0.2, 0.25) is 0 Å². The Kier molecular flexibility index (Phi) is 7.79. The maximum atomic E-state index is 13.3. The molecule has 10 heteroatoms. The Morgan fingerprint density at radius 2 is 1.97 bits per heavy atom. The van der Waals surface area contributed by atoms with E-state index >= 15 is 0 Å². The van der Waals surface area contributed by atoms with Gasteiger partial charge in [0, 0.05) is 38.2 Å². The van der Waals surface area contributed by atoms with E-state index in [0.29, 0.717) is 49.5 Å². The zero-order valence-electron chi connectivity index (χ0n) is 20.1. The lowest BCUT2D eigenvalue weighted by atomic mass is 9.97. The van der Waals surface area contributed by atoms with Crippen LogP contribution in [0.5, 0.6) is 5.75 Å². The smallest absolute Gasteiger partial charge is 0.262 e. The van der Waals surface area contributed by atoms with Crippen molar-refractivity contribution in [1.29, 1.82) is 0 Å². The molecule has 0 unspecified atom stereocenters.